The third-order valence-corrected chi connectivity index (χ3v) is 2.29. The maximum Gasteiger partial charge on any atom is 0.227 e. The third-order valence-electron chi connectivity index (χ3n) is 2.29. The Morgan fingerprint density at radius 3 is 3.12 bits per heavy atom. The summed E-state index contributed by atoms with van der Waals surface area (Å²) in [6.45, 7) is 2.56. The largest absolute Gasteiger partial charge is 0.486 e. The number of hydrogen-bond acceptors (Lipinski definition) is 4. The molecule has 2 aromatic heterocycles. The van der Waals surface area contributed by atoms with Gasteiger partial charge in [0.15, 0.2) is 5.82 Å². The van der Waals surface area contributed by atoms with E-state index in [0.717, 1.165) is 12.8 Å². The van der Waals surface area contributed by atoms with Crippen molar-refractivity contribution < 1.29 is 9.15 Å². The number of H-pyrrole nitrogens is 1. The molecule has 2 rings (SSSR count). The molecule has 5 nitrogen and oxygen atoms in total. The Hall–Kier alpha value is -2.04. The van der Waals surface area contributed by atoms with Crippen LogP contribution < -0.4 is 10.2 Å². The summed E-state index contributed by atoms with van der Waals surface area (Å²) in [6, 6.07) is 1.34. The molecule has 0 aliphatic carbocycles. The number of hydrogen-bond donors (Lipinski definition) is 1. The zero-order valence-corrected chi connectivity index (χ0v) is 9.60. The minimum Gasteiger partial charge on any atom is -0.486 e. The molecule has 0 saturated heterocycles. The van der Waals surface area contributed by atoms with Gasteiger partial charge in [-0.2, -0.15) is 0 Å². The molecule has 0 unspecified atom stereocenters. The van der Waals surface area contributed by atoms with Crippen LogP contribution in [-0.4, -0.2) is 16.6 Å². The number of ether oxygens (including phenoxy) is 1. The molecular weight excluding hydrogens is 220 g/mol. The summed E-state index contributed by atoms with van der Waals surface area (Å²) < 4.78 is 10.8. The van der Waals surface area contributed by atoms with Crippen LogP contribution in [0, 0.1) is 0 Å². The average Bonchev–Trinajstić information content (AvgIpc) is 2.85. The Morgan fingerprint density at radius 1 is 1.53 bits per heavy atom. The average molecular weight is 234 g/mol. The van der Waals surface area contributed by atoms with Crippen LogP contribution in [-0.2, 0) is 0 Å². The van der Waals surface area contributed by atoms with Crippen LogP contribution in [0.5, 0.6) is 5.75 Å². The monoisotopic (exact) mass is 234 g/mol. The fourth-order valence-electron chi connectivity index (χ4n) is 1.41. The zero-order chi connectivity index (χ0) is 12.1. The molecule has 0 bridgehead atoms. The minimum atomic E-state index is -0.196. The van der Waals surface area contributed by atoms with Crippen molar-refractivity contribution in [2.24, 2.45) is 0 Å². The topological polar surface area (TPSA) is 68.1 Å². The summed E-state index contributed by atoms with van der Waals surface area (Å²) in [5.41, 5.74) is -0.196. The number of aromatic amines is 1. The fraction of sp³-hybridized carbons (Fsp3) is 0.333. The predicted octanol–water partition coefficient (Wildman–Crippen LogP) is 2.21. The van der Waals surface area contributed by atoms with Crippen LogP contribution in [0.2, 0.25) is 0 Å². The number of rotatable bonds is 5. The minimum absolute atomic E-state index is 0.196. The molecule has 0 atom stereocenters. The van der Waals surface area contributed by atoms with Crippen molar-refractivity contribution in [3.8, 4) is 17.3 Å². The predicted molar refractivity (Wildman–Crippen MR) is 63.0 cm³/mol. The third kappa shape index (κ3) is 2.55. The Balaban J connectivity index is 2.32. The van der Waals surface area contributed by atoms with Gasteiger partial charge in [-0.05, 0) is 6.42 Å². The fourth-order valence-corrected chi connectivity index (χ4v) is 1.41. The van der Waals surface area contributed by atoms with Crippen molar-refractivity contribution in [3.05, 3.63) is 34.9 Å². The molecule has 0 aliphatic heterocycles. The van der Waals surface area contributed by atoms with Crippen molar-refractivity contribution in [1.82, 2.24) is 9.97 Å². The van der Waals surface area contributed by atoms with Crippen molar-refractivity contribution in [2.75, 3.05) is 6.61 Å². The van der Waals surface area contributed by atoms with Gasteiger partial charge in [-0.15, -0.1) is 0 Å². The Morgan fingerprint density at radius 2 is 2.41 bits per heavy atom. The van der Waals surface area contributed by atoms with Gasteiger partial charge in [0.2, 0.25) is 16.9 Å². The molecule has 1 N–H and O–H groups in total. The second-order valence-electron chi connectivity index (χ2n) is 3.58. The molecule has 0 radical (unpaired) electrons. The Bertz CT molecular complexity index is 517. The van der Waals surface area contributed by atoms with Crippen LogP contribution in [0.15, 0.2) is 33.9 Å². The van der Waals surface area contributed by atoms with Crippen molar-refractivity contribution in [3.63, 3.8) is 0 Å². The van der Waals surface area contributed by atoms with Gasteiger partial charge in [-0.25, -0.2) is 4.98 Å². The van der Waals surface area contributed by atoms with E-state index in [4.69, 9.17) is 9.15 Å². The molecule has 0 amide bonds. The van der Waals surface area contributed by atoms with E-state index >= 15 is 0 Å². The van der Waals surface area contributed by atoms with Crippen molar-refractivity contribution in [1.29, 1.82) is 0 Å². The molecular formula is C12H14N2O3. The summed E-state index contributed by atoms with van der Waals surface area (Å²) in [5, 5.41) is 0. The van der Waals surface area contributed by atoms with Gasteiger partial charge in [0.1, 0.15) is 0 Å². The molecule has 0 fully saturated rings. The Kier molecular flexibility index (Phi) is 3.59. The molecule has 90 valence electrons. The highest BCUT2D eigenvalue weighted by Crippen LogP contribution is 2.23. The van der Waals surface area contributed by atoms with Gasteiger partial charge < -0.3 is 14.1 Å². The SMILES string of the molecule is CCCCOc1c(-c2ncc[nH]2)occc1=O. The number of aromatic nitrogens is 2. The summed E-state index contributed by atoms with van der Waals surface area (Å²) in [5.74, 6) is 1.06. The highest BCUT2D eigenvalue weighted by molar-refractivity contribution is 5.55. The van der Waals surface area contributed by atoms with E-state index in [1.54, 1.807) is 12.4 Å². The van der Waals surface area contributed by atoms with E-state index in [1.165, 1.54) is 12.3 Å². The molecule has 0 saturated carbocycles. The number of imidazole rings is 1. The van der Waals surface area contributed by atoms with E-state index in [2.05, 4.69) is 16.9 Å². The normalized spacial score (nSPS) is 10.4. The van der Waals surface area contributed by atoms with Gasteiger partial charge in [0, 0.05) is 18.5 Å². The lowest BCUT2D eigenvalue weighted by molar-refractivity contribution is 0.298. The summed E-state index contributed by atoms with van der Waals surface area (Å²) in [7, 11) is 0. The number of nitrogens with zero attached hydrogens (tertiary/aromatic N) is 1. The summed E-state index contributed by atoms with van der Waals surface area (Å²) in [6.07, 6.45) is 6.50. The van der Waals surface area contributed by atoms with Crippen LogP contribution in [0.25, 0.3) is 11.6 Å². The first-order chi connectivity index (χ1) is 8.33. The zero-order valence-electron chi connectivity index (χ0n) is 9.60. The number of nitrogens with one attached hydrogen (secondary N) is 1. The van der Waals surface area contributed by atoms with Crippen LogP contribution in [0.1, 0.15) is 19.8 Å². The van der Waals surface area contributed by atoms with E-state index in [1.807, 2.05) is 0 Å². The van der Waals surface area contributed by atoms with E-state index in [-0.39, 0.29) is 11.2 Å². The van der Waals surface area contributed by atoms with Gasteiger partial charge >= 0.3 is 0 Å². The Labute approximate surface area is 98.5 Å². The first-order valence-corrected chi connectivity index (χ1v) is 5.57. The first-order valence-electron chi connectivity index (χ1n) is 5.57. The van der Waals surface area contributed by atoms with Crippen LogP contribution in [0.3, 0.4) is 0 Å². The van der Waals surface area contributed by atoms with E-state index in [0.29, 0.717) is 18.2 Å². The van der Waals surface area contributed by atoms with Crippen molar-refractivity contribution >= 4 is 0 Å². The maximum absolute atomic E-state index is 11.7. The second-order valence-corrected chi connectivity index (χ2v) is 3.58. The van der Waals surface area contributed by atoms with Gasteiger partial charge in [-0.3, -0.25) is 4.79 Å². The van der Waals surface area contributed by atoms with Crippen molar-refractivity contribution in [2.45, 2.75) is 19.8 Å². The lowest BCUT2D eigenvalue weighted by Crippen LogP contribution is -2.09. The smallest absolute Gasteiger partial charge is 0.227 e. The van der Waals surface area contributed by atoms with Crippen LogP contribution >= 0.6 is 0 Å². The molecule has 2 heterocycles. The quantitative estimate of drug-likeness (QED) is 0.805. The molecule has 0 aromatic carbocycles. The molecule has 0 spiro atoms. The second kappa shape index (κ2) is 5.34. The summed E-state index contributed by atoms with van der Waals surface area (Å²) >= 11 is 0. The van der Waals surface area contributed by atoms with Gasteiger partial charge in [-0.1, -0.05) is 13.3 Å². The van der Waals surface area contributed by atoms with Gasteiger partial charge in [0.05, 0.1) is 12.9 Å². The molecule has 0 aliphatic rings. The highest BCUT2D eigenvalue weighted by Gasteiger charge is 2.14. The lowest BCUT2D eigenvalue weighted by Gasteiger charge is -2.06. The number of unbranched alkanes of at least 4 members (excludes halogenated alkanes) is 1. The summed E-state index contributed by atoms with van der Waals surface area (Å²) in [4.78, 5) is 18.6. The first kappa shape index (κ1) is 11.4. The van der Waals surface area contributed by atoms with Gasteiger partial charge in [0.25, 0.3) is 0 Å². The standard InChI is InChI=1S/C12H14N2O3/c1-2-3-7-16-10-9(15)4-8-17-11(10)12-13-5-6-14-12/h4-6,8H,2-3,7H2,1H3,(H,13,14). The maximum atomic E-state index is 11.7. The van der Waals surface area contributed by atoms with Crippen LogP contribution in [0.4, 0.5) is 0 Å². The lowest BCUT2D eigenvalue weighted by atomic mass is 10.3. The highest BCUT2D eigenvalue weighted by atomic mass is 16.5. The molecule has 2 aromatic rings. The van der Waals surface area contributed by atoms with E-state index in [9.17, 15) is 4.79 Å². The molecule has 5 heteroatoms. The molecule has 17 heavy (non-hydrogen) atoms. The van der Waals surface area contributed by atoms with E-state index < -0.39 is 0 Å².